The van der Waals surface area contributed by atoms with Crippen molar-refractivity contribution in [1.29, 1.82) is 0 Å². The van der Waals surface area contributed by atoms with E-state index in [4.69, 9.17) is 15.2 Å². The van der Waals surface area contributed by atoms with E-state index in [0.717, 1.165) is 12.3 Å². The molecule has 1 aromatic rings. The Morgan fingerprint density at radius 1 is 1.26 bits per heavy atom. The van der Waals surface area contributed by atoms with E-state index in [1.165, 1.54) is 19.3 Å². The second-order valence-corrected chi connectivity index (χ2v) is 5.04. The molecule has 1 fully saturated rings. The number of hydrogen-bond donors (Lipinski definition) is 1. The number of para-hydroxylation sites is 1. The molecule has 0 spiro atoms. The van der Waals surface area contributed by atoms with Gasteiger partial charge in [0.2, 0.25) is 0 Å². The molecule has 2 N–H and O–H groups in total. The standard InChI is InChI=1S/C15H24N2O2/c1-3-18-13-8-6-9-14(15(13)16)19-11-12-7-4-5-10-17(12)2/h6,8-9,12H,3-5,7,10-11,16H2,1-2H3. The predicted molar refractivity (Wildman–Crippen MR) is 77.8 cm³/mol. The lowest BCUT2D eigenvalue weighted by Gasteiger charge is -2.32. The summed E-state index contributed by atoms with van der Waals surface area (Å²) in [6.07, 6.45) is 3.77. The van der Waals surface area contributed by atoms with Crippen molar-refractivity contribution in [3.05, 3.63) is 18.2 Å². The lowest BCUT2D eigenvalue weighted by Crippen LogP contribution is -2.40. The first-order valence-corrected chi connectivity index (χ1v) is 7.06. The maximum atomic E-state index is 6.06. The Balaban J connectivity index is 1.97. The van der Waals surface area contributed by atoms with Gasteiger partial charge in [-0.05, 0) is 45.5 Å². The van der Waals surface area contributed by atoms with Crippen LogP contribution in [0.2, 0.25) is 0 Å². The Bertz CT molecular complexity index is 409. The average molecular weight is 264 g/mol. The van der Waals surface area contributed by atoms with Crippen molar-refractivity contribution in [3.8, 4) is 11.5 Å². The number of likely N-dealkylation sites (tertiary alicyclic amines) is 1. The number of nitrogens with two attached hydrogens (primary N) is 1. The number of nitrogen functional groups attached to an aromatic ring is 1. The van der Waals surface area contributed by atoms with Crippen molar-refractivity contribution in [2.24, 2.45) is 0 Å². The zero-order valence-electron chi connectivity index (χ0n) is 11.9. The van der Waals surface area contributed by atoms with Gasteiger partial charge in [0.05, 0.1) is 6.61 Å². The molecule has 1 unspecified atom stereocenters. The molecule has 0 amide bonds. The van der Waals surface area contributed by atoms with E-state index >= 15 is 0 Å². The number of piperidine rings is 1. The Morgan fingerprint density at radius 3 is 2.68 bits per heavy atom. The van der Waals surface area contributed by atoms with E-state index in [-0.39, 0.29) is 0 Å². The van der Waals surface area contributed by atoms with Crippen LogP contribution in [0.15, 0.2) is 18.2 Å². The van der Waals surface area contributed by atoms with Gasteiger partial charge in [0.1, 0.15) is 23.8 Å². The van der Waals surface area contributed by atoms with Gasteiger partial charge in [0, 0.05) is 6.04 Å². The Hall–Kier alpha value is -1.42. The summed E-state index contributed by atoms with van der Waals surface area (Å²) in [5.74, 6) is 1.43. The zero-order chi connectivity index (χ0) is 13.7. The van der Waals surface area contributed by atoms with E-state index in [9.17, 15) is 0 Å². The monoisotopic (exact) mass is 264 g/mol. The molecule has 1 heterocycles. The molecule has 1 saturated heterocycles. The van der Waals surface area contributed by atoms with E-state index in [0.29, 0.717) is 30.7 Å². The maximum absolute atomic E-state index is 6.06. The fourth-order valence-corrected chi connectivity index (χ4v) is 2.47. The molecule has 0 aromatic heterocycles. The van der Waals surface area contributed by atoms with Gasteiger partial charge in [-0.3, -0.25) is 0 Å². The summed E-state index contributed by atoms with van der Waals surface area (Å²) in [5, 5.41) is 0. The molecule has 0 bridgehead atoms. The quantitative estimate of drug-likeness (QED) is 0.830. The van der Waals surface area contributed by atoms with Gasteiger partial charge in [0.15, 0.2) is 0 Å². The van der Waals surface area contributed by atoms with Crippen LogP contribution in [-0.2, 0) is 0 Å². The second-order valence-electron chi connectivity index (χ2n) is 5.04. The Labute approximate surface area is 115 Å². The van der Waals surface area contributed by atoms with Crippen molar-refractivity contribution in [1.82, 2.24) is 4.90 Å². The molecule has 4 nitrogen and oxygen atoms in total. The number of hydrogen-bond acceptors (Lipinski definition) is 4. The van der Waals surface area contributed by atoms with Crippen LogP contribution in [0.4, 0.5) is 5.69 Å². The molecule has 1 atom stereocenters. The Kier molecular flexibility index (Phi) is 4.91. The number of nitrogens with zero attached hydrogens (tertiary/aromatic N) is 1. The number of rotatable bonds is 5. The minimum absolute atomic E-state index is 0.490. The summed E-state index contributed by atoms with van der Waals surface area (Å²) >= 11 is 0. The third kappa shape index (κ3) is 3.53. The molecule has 4 heteroatoms. The normalized spacial score (nSPS) is 20.2. The van der Waals surface area contributed by atoms with Gasteiger partial charge in [-0.15, -0.1) is 0 Å². The smallest absolute Gasteiger partial charge is 0.146 e. The van der Waals surface area contributed by atoms with Crippen molar-refractivity contribution < 1.29 is 9.47 Å². The van der Waals surface area contributed by atoms with Crippen LogP contribution in [0.25, 0.3) is 0 Å². The van der Waals surface area contributed by atoms with E-state index < -0.39 is 0 Å². The Morgan fingerprint density at radius 2 is 2.00 bits per heavy atom. The molecule has 106 valence electrons. The van der Waals surface area contributed by atoms with Gasteiger partial charge in [-0.25, -0.2) is 0 Å². The maximum Gasteiger partial charge on any atom is 0.146 e. The number of ether oxygens (including phenoxy) is 2. The lowest BCUT2D eigenvalue weighted by molar-refractivity contribution is 0.125. The summed E-state index contributed by atoms with van der Waals surface area (Å²) < 4.78 is 11.4. The van der Waals surface area contributed by atoms with Gasteiger partial charge < -0.3 is 20.1 Å². The van der Waals surface area contributed by atoms with Crippen LogP contribution in [0.5, 0.6) is 11.5 Å². The largest absolute Gasteiger partial charge is 0.492 e. The van der Waals surface area contributed by atoms with Crippen LogP contribution >= 0.6 is 0 Å². The van der Waals surface area contributed by atoms with Crippen molar-refractivity contribution in [2.75, 3.05) is 32.5 Å². The molecule has 1 aliphatic heterocycles. The molecule has 0 saturated carbocycles. The summed E-state index contributed by atoms with van der Waals surface area (Å²) in [5.41, 5.74) is 6.66. The van der Waals surface area contributed by atoms with Crippen LogP contribution in [0, 0.1) is 0 Å². The highest BCUT2D eigenvalue weighted by molar-refractivity contribution is 5.62. The number of anilines is 1. The molecular formula is C15H24N2O2. The number of benzene rings is 1. The fraction of sp³-hybridized carbons (Fsp3) is 0.600. The minimum Gasteiger partial charge on any atom is -0.492 e. The summed E-state index contributed by atoms with van der Waals surface area (Å²) in [6.45, 7) is 4.40. The number of likely N-dealkylation sites (N-methyl/N-ethyl adjacent to an activating group) is 1. The fourth-order valence-electron chi connectivity index (χ4n) is 2.47. The lowest BCUT2D eigenvalue weighted by atomic mass is 10.0. The highest BCUT2D eigenvalue weighted by atomic mass is 16.5. The SMILES string of the molecule is CCOc1cccc(OCC2CCCCN2C)c1N. The van der Waals surface area contributed by atoms with Crippen LogP contribution in [0.1, 0.15) is 26.2 Å². The second kappa shape index (κ2) is 6.66. The van der Waals surface area contributed by atoms with Crippen LogP contribution in [-0.4, -0.2) is 37.7 Å². The van der Waals surface area contributed by atoms with E-state index in [2.05, 4.69) is 11.9 Å². The van der Waals surface area contributed by atoms with E-state index in [1.54, 1.807) is 0 Å². The summed E-state index contributed by atoms with van der Waals surface area (Å²) in [6, 6.07) is 6.18. The van der Waals surface area contributed by atoms with Crippen molar-refractivity contribution in [3.63, 3.8) is 0 Å². The highest BCUT2D eigenvalue weighted by Crippen LogP contribution is 2.31. The average Bonchev–Trinajstić information content (AvgIpc) is 2.42. The van der Waals surface area contributed by atoms with Crippen LogP contribution < -0.4 is 15.2 Å². The third-order valence-corrected chi connectivity index (χ3v) is 3.68. The molecular weight excluding hydrogens is 240 g/mol. The van der Waals surface area contributed by atoms with Gasteiger partial charge in [-0.2, -0.15) is 0 Å². The topological polar surface area (TPSA) is 47.7 Å². The third-order valence-electron chi connectivity index (χ3n) is 3.68. The van der Waals surface area contributed by atoms with E-state index in [1.807, 2.05) is 25.1 Å². The first-order valence-electron chi connectivity index (χ1n) is 7.06. The molecule has 0 aliphatic carbocycles. The molecule has 1 aliphatic rings. The van der Waals surface area contributed by atoms with Gasteiger partial charge >= 0.3 is 0 Å². The summed E-state index contributed by atoms with van der Waals surface area (Å²) in [7, 11) is 2.16. The molecule has 2 rings (SSSR count). The summed E-state index contributed by atoms with van der Waals surface area (Å²) in [4.78, 5) is 2.37. The van der Waals surface area contributed by atoms with Gasteiger partial charge in [0.25, 0.3) is 0 Å². The first-order chi connectivity index (χ1) is 9.22. The molecule has 1 aromatic carbocycles. The molecule has 19 heavy (non-hydrogen) atoms. The van der Waals surface area contributed by atoms with Crippen molar-refractivity contribution in [2.45, 2.75) is 32.2 Å². The van der Waals surface area contributed by atoms with Crippen molar-refractivity contribution >= 4 is 5.69 Å². The van der Waals surface area contributed by atoms with Gasteiger partial charge in [-0.1, -0.05) is 12.5 Å². The predicted octanol–water partition coefficient (Wildman–Crippen LogP) is 2.53. The first kappa shape index (κ1) is 14.0. The van der Waals surface area contributed by atoms with Crippen LogP contribution in [0.3, 0.4) is 0 Å². The minimum atomic E-state index is 0.490. The highest BCUT2D eigenvalue weighted by Gasteiger charge is 2.20. The molecule has 0 radical (unpaired) electrons. The zero-order valence-corrected chi connectivity index (χ0v) is 11.9.